The molecule has 0 aliphatic rings. The van der Waals surface area contributed by atoms with Crippen LogP contribution >= 0.6 is 0 Å². The Kier molecular flexibility index (Phi) is 5.51. The molecule has 0 aliphatic heterocycles. The Morgan fingerprint density at radius 1 is 1.10 bits per heavy atom. The average molecular weight is 408 g/mol. The van der Waals surface area contributed by atoms with Gasteiger partial charge in [0.2, 0.25) is 5.82 Å². The van der Waals surface area contributed by atoms with E-state index in [2.05, 4.69) is 15.2 Å². The number of carbonyl (C=O) groups excluding carboxylic acids is 1. The maximum Gasteiger partial charge on any atom is 0.342 e. The van der Waals surface area contributed by atoms with Crippen LogP contribution in [0, 0.1) is 12.7 Å². The van der Waals surface area contributed by atoms with Crippen molar-refractivity contribution in [2.24, 2.45) is 0 Å². The normalized spacial score (nSPS) is 10.7. The first kappa shape index (κ1) is 19.3. The van der Waals surface area contributed by atoms with E-state index in [1.165, 1.54) is 30.5 Å². The van der Waals surface area contributed by atoms with Gasteiger partial charge in [-0.25, -0.2) is 13.9 Å². The minimum Gasteiger partial charge on any atom is -0.485 e. The zero-order valence-corrected chi connectivity index (χ0v) is 16.0. The molecule has 9 heteroatoms. The SMILES string of the molecule is Cc1c(C(=O)OCc2nc(COc3ccc(F)cc3)no2)cnn1-c1ccccc1. The summed E-state index contributed by atoms with van der Waals surface area (Å²) in [4.78, 5) is 16.5. The number of aromatic nitrogens is 4. The summed E-state index contributed by atoms with van der Waals surface area (Å²) in [5, 5.41) is 8.02. The molecule has 2 aromatic heterocycles. The Balaban J connectivity index is 1.33. The van der Waals surface area contributed by atoms with Gasteiger partial charge >= 0.3 is 5.97 Å². The Labute approximate surface area is 170 Å². The van der Waals surface area contributed by atoms with Crippen molar-refractivity contribution in [3.8, 4) is 11.4 Å². The van der Waals surface area contributed by atoms with Crippen molar-refractivity contribution in [2.45, 2.75) is 20.1 Å². The smallest absolute Gasteiger partial charge is 0.342 e. The third-order valence-electron chi connectivity index (χ3n) is 4.25. The van der Waals surface area contributed by atoms with Crippen LogP contribution in [0.5, 0.6) is 5.75 Å². The minimum absolute atomic E-state index is 0.0338. The van der Waals surface area contributed by atoms with Gasteiger partial charge in [-0.15, -0.1) is 0 Å². The molecule has 0 unspecified atom stereocenters. The van der Waals surface area contributed by atoms with E-state index in [1.54, 1.807) is 11.6 Å². The largest absolute Gasteiger partial charge is 0.485 e. The summed E-state index contributed by atoms with van der Waals surface area (Å²) in [7, 11) is 0. The van der Waals surface area contributed by atoms with Crippen LogP contribution in [0.1, 0.15) is 27.8 Å². The van der Waals surface area contributed by atoms with Crippen molar-refractivity contribution >= 4 is 5.97 Å². The van der Waals surface area contributed by atoms with Crippen LogP contribution in [-0.4, -0.2) is 25.9 Å². The molecular formula is C21H17FN4O4. The van der Waals surface area contributed by atoms with Crippen LogP contribution in [0.2, 0.25) is 0 Å². The Bertz CT molecular complexity index is 1140. The molecule has 8 nitrogen and oxygen atoms in total. The standard InChI is InChI=1S/C21H17FN4O4/c1-14-18(11-23-26(14)16-5-3-2-4-6-16)21(27)29-13-20-24-19(25-30-20)12-28-17-9-7-15(22)8-10-17/h2-11H,12-13H2,1H3. The molecule has 0 amide bonds. The van der Waals surface area contributed by atoms with Crippen molar-refractivity contribution in [3.63, 3.8) is 0 Å². The summed E-state index contributed by atoms with van der Waals surface area (Å²) < 4.78 is 30.3. The number of benzene rings is 2. The summed E-state index contributed by atoms with van der Waals surface area (Å²) in [6.07, 6.45) is 1.46. The predicted octanol–water partition coefficient (Wildman–Crippen LogP) is 3.64. The Morgan fingerprint density at radius 2 is 1.87 bits per heavy atom. The highest BCUT2D eigenvalue weighted by Crippen LogP contribution is 2.16. The fourth-order valence-corrected chi connectivity index (χ4v) is 2.73. The molecule has 30 heavy (non-hydrogen) atoms. The van der Waals surface area contributed by atoms with Crippen LogP contribution in [0.25, 0.3) is 5.69 Å². The number of hydrogen-bond acceptors (Lipinski definition) is 7. The number of carbonyl (C=O) groups is 1. The molecule has 152 valence electrons. The van der Waals surface area contributed by atoms with Gasteiger partial charge in [0.25, 0.3) is 5.89 Å². The highest BCUT2D eigenvalue weighted by molar-refractivity contribution is 5.90. The Hall–Kier alpha value is -4.01. The first-order valence-corrected chi connectivity index (χ1v) is 9.07. The van der Waals surface area contributed by atoms with Crippen LogP contribution in [0.4, 0.5) is 4.39 Å². The van der Waals surface area contributed by atoms with Crippen LogP contribution in [-0.2, 0) is 18.0 Å². The van der Waals surface area contributed by atoms with E-state index in [-0.39, 0.29) is 30.7 Å². The van der Waals surface area contributed by atoms with Gasteiger partial charge in [-0.05, 0) is 43.3 Å². The van der Waals surface area contributed by atoms with E-state index >= 15 is 0 Å². The van der Waals surface area contributed by atoms with E-state index in [0.29, 0.717) is 17.0 Å². The summed E-state index contributed by atoms with van der Waals surface area (Å²) >= 11 is 0. The lowest BCUT2D eigenvalue weighted by Crippen LogP contribution is -2.07. The maximum absolute atomic E-state index is 12.9. The molecule has 2 aromatic carbocycles. The van der Waals surface area contributed by atoms with E-state index in [0.717, 1.165) is 5.69 Å². The van der Waals surface area contributed by atoms with Gasteiger partial charge in [0.05, 0.1) is 17.6 Å². The molecule has 0 saturated carbocycles. The average Bonchev–Trinajstić information content (AvgIpc) is 3.39. The quantitative estimate of drug-likeness (QED) is 0.431. The molecule has 4 rings (SSSR count). The van der Waals surface area contributed by atoms with E-state index < -0.39 is 5.97 Å². The molecular weight excluding hydrogens is 391 g/mol. The third kappa shape index (κ3) is 4.35. The van der Waals surface area contributed by atoms with Gasteiger partial charge in [-0.1, -0.05) is 23.4 Å². The topological polar surface area (TPSA) is 92.3 Å². The number of esters is 1. The second-order valence-electron chi connectivity index (χ2n) is 6.31. The number of halogens is 1. The van der Waals surface area contributed by atoms with Crippen molar-refractivity contribution < 1.29 is 23.2 Å². The van der Waals surface area contributed by atoms with Crippen LogP contribution in [0.15, 0.2) is 65.3 Å². The Morgan fingerprint density at radius 3 is 2.63 bits per heavy atom. The first-order valence-electron chi connectivity index (χ1n) is 9.07. The summed E-state index contributed by atoms with van der Waals surface area (Å²) in [5.74, 6) is -0.0137. The molecule has 0 radical (unpaired) electrons. The van der Waals surface area contributed by atoms with E-state index in [1.807, 2.05) is 30.3 Å². The van der Waals surface area contributed by atoms with E-state index in [9.17, 15) is 9.18 Å². The number of nitrogens with zero attached hydrogens (tertiary/aromatic N) is 4. The van der Waals surface area contributed by atoms with Crippen molar-refractivity contribution in [2.75, 3.05) is 0 Å². The first-order chi connectivity index (χ1) is 14.6. The zero-order chi connectivity index (χ0) is 20.9. The predicted molar refractivity (Wildman–Crippen MR) is 102 cm³/mol. The lowest BCUT2D eigenvalue weighted by Gasteiger charge is -2.05. The second-order valence-corrected chi connectivity index (χ2v) is 6.31. The number of ether oxygens (including phenoxy) is 2. The molecule has 0 spiro atoms. The molecule has 4 aromatic rings. The molecule has 0 atom stereocenters. The number of para-hydroxylation sites is 1. The molecule has 2 heterocycles. The van der Waals surface area contributed by atoms with Gasteiger partial charge in [0.1, 0.15) is 17.1 Å². The van der Waals surface area contributed by atoms with Gasteiger partial charge in [-0.3, -0.25) is 0 Å². The highest BCUT2D eigenvalue weighted by atomic mass is 19.1. The molecule has 0 bridgehead atoms. The fraction of sp³-hybridized carbons (Fsp3) is 0.143. The third-order valence-corrected chi connectivity index (χ3v) is 4.25. The monoisotopic (exact) mass is 408 g/mol. The molecule has 0 N–H and O–H groups in total. The maximum atomic E-state index is 12.9. The molecule has 0 aliphatic carbocycles. The zero-order valence-electron chi connectivity index (χ0n) is 16.0. The van der Waals surface area contributed by atoms with Crippen molar-refractivity contribution in [1.82, 2.24) is 19.9 Å². The minimum atomic E-state index is -0.544. The van der Waals surface area contributed by atoms with Crippen LogP contribution in [0.3, 0.4) is 0 Å². The van der Waals surface area contributed by atoms with E-state index in [4.69, 9.17) is 14.0 Å². The van der Waals surface area contributed by atoms with Crippen LogP contribution < -0.4 is 4.74 Å². The van der Waals surface area contributed by atoms with Gasteiger partial charge in [0, 0.05) is 0 Å². The lowest BCUT2D eigenvalue weighted by molar-refractivity contribution is 0.0429. The number of hydrogen-bond donors (Lipinski definition) is 0. The summed E-state index contributed by atoms with van der Waals surface area (Å²) in [6, 6.07) is 15.0. The summed E-state index contributed by atoms with van der Waals surface area (Å²) in [6.45, 7) is 1.64. The fourth-order valence-electron chi connectivity index (χ4n) is 2.73. The highest BCUT2D eigenvalue weighted by Gasteiger charge is 2.18. The van der Waals surface area contributed by atoms with Gasteiger partial charge < -0.3 is 14.0 Å². The molecule has 0 saturated heterocycles. The summed E-state index contributed by atoms with van der Waals surface area (Å²) in [5.41, 5.74) is 1.85. The lowest BCUT2D eigenvalue weighted by atomic mass is 10.2. The van der Waals surface area contributed by atoms with Crippen molar-refractivity contribution in [1.29, 1.82) is 0 Å². The molecule has 0 fully saturated rings. The van der Waals surface area contributed by atoms with Crippen molar-refractivity contribution in [3.05, 3.63) is 89.6 Å². The second kappa shape index (κ2) is 8.56. The van der Waals surface area contributed by atoms with Gasteiger partial charge in [-0.2, -0.15) is 10.1 Å². The number of rotatable bonds is 7. The van der Waals surface area contributed by atoms with Gasteiger partial charge in [0.15, 0.2) is 13.2 Å².